The second kappa shape index (κ2) is 4.20. The average Bonchev–Trinajstić information content (AvgIpc) is 2.65. The van der Waals surface area contributed by atoms with Crippen molar-refractivity contribution in [2.24, 2.45) is 0 Å². The van der Waals surface area contributed by atoms with E-state index in [1.807, 2.05) is 29.7 Å². The Morgan fingerprint density at radius 3 is 2.71 bits per heavy atom. The Kier molecular flexibility index (Phi) is 2.88. The number of hydrogen-bond donors (Lipinski definition) is 0. The molecule has 0 saturated heterocycles. The lowest BCUT2D eigenvalue weighted by Gasteiger charge is -2.08. The highest BCUT2D eigenvalue weighted by Gasteiger charge is 2.17. The van der Waals surface area contributed by atoms with Gasteiger partial charge >= 0.3 is 0 Å². The molecular weight excluding hydrogens is 214 g/mol. The van der Waals surface area contributed by atoms with E-state index in [9.17, 15) is 4.79 Å². The third kappa shape index (κ3) is 1.90. The standard InChI is InChI=1S/C13H17N3O/c1-5-10-6-7-11-12(13(17)15(3)4)14-9(2)16(11)8-10/h6-8H,5H2,1-4H3. The monoisotopic (exact) mass is 231 g/mol. The maximum atomic E-state index is 12.0. The summed E-state index contributed by atoms with van der Waals surface area (Å²) in [5.41, 5.74) is 2.63. The van der Waals surface area contributed by atoms with E-state index in [1.54, 1.807) is 19.0 Å². The molecule has 2 aromatic heterocycles. The molecule has 17 heavy (non-hydrogen) atoms. The SMILES string of the molecule is CCc1ccc2c(C(=O)N(C)C)nc(C)n2c1. The normalized spacial score (nSPS) is 10.8. The van der Waals surface area contributed by atoms with Gasteiger partial charge in [-0.3, -0.25) is 4.79 Å². The molecule has 2 aromatic rings. The number of aryl methyl sites for hydroxylation is 2. The lowest BCUT2D eigenvalue weighted by atomic mass is 10.2. The van der Waals surface area contributed by atoms with Crippen LogP contribution in [-0.2, 0) is 6.42 Å². The van der Waals surface area contributed by atoms with E-state index < -0.39 is 0 Å². The number of rotatable bonds is 2. The van der Waals surface area contributed by atoms with Gasteiger partial charge in [0.2, 0.25) is 0 Å². The van der Waals surface area contributed by atoms with E-state index in [1.165, 1.54) is 5.56 Å². The van der Waals surface area contributed by atoms with Crippen LogP contribution in [0.3, 0.4) is 0 Å². The second-order valence-electron chi connectivity index (χ2n) is 4.35. The first-order chi connectivity index (χ1) is 8.04. The van der Waals surface area contributed by atoms with Crippen LogP contribution in [-0.4, -0.2) is 34.3 Å². The van der Waals surface area contributed by atoms with E-state index >= 15 is 0 Å². The summed E-state index contributed by atoms with van der Waals surface area (Å²) in [6.45, 7) is 4.03. The highest BCUT2D eigenvalue weighted by Crippen LogP contribution is 2.16. The van der Waals surface area contributed by atoms with Gasteiger partial charge in [-0.05, 0) is 25.0 Å². The molecule has 2 rings (SSSR count). The summed E-state index contributed by atoms with van der Waals surface area (Å²) in [7, 11) is 3.48. The molecule has 4 nitrogen and oxygen atoms in total. The van der Waals surface area contributed by atoms with Crippen molar-refractivity contribution < 1.29 is 4.79 Å². The van der Waals surface area contributed by atoms with Crippen LogP contribution in [0, 0.1) is 6.92 Å². The number of nitrogens with zero attached hydrogens (tertiary/aromatic N) is 3. The summed E-state index contributed by atoms with van der Waals surface area (Å²) in [5, 5.41) is 0. The first kappa shape index (κ1) is 11.6. The van der Waals surface area contributed by atoms with Gasteiger partial charge in [-0.2, -0.15) is 0 Å². The van der Waals surface area contributed by atoms with Gasteiger partial charge in [0.05, 0.1) is 5.52 Å². The Morgan fingerprint density at radius 2 is 2.12 bits per heavy atom. The fraction of sp³-hybridized carbons (Fsp3) is 0.385. The summed E-state index contributed by atoms with van der Waals surface area (Å²) >= 11 is 0. The van der Waals surface area contributed by atoms with Crippen LogP contribution in [0.1, 0.15) is 28.8 Å². The van der Waals surface area contributed by atoms with Gasteiger partial charge in [-0.15, -0.1) is 0 Å². The molecule has 0 saturated carbocycles. The van der Waals surface area contributed by atoms with Gasteiger partial charge in [0.1, 0.15) is 5.82 Å². The maximum absolute atomic E-state index is 12.0. The van der Waals surface area contributed by atoms with Crippen molar-refractivity contribution in [2.45, 2.75) is 20.3 Å². The van der Waals surface area contributed by atoms with E-state index in [0.717, 1.165) is 17.8 Å². The molecular formula is C13H17N3O. The fourth-order valence-electron chi connectivity index (χ4n) is 1.86. The van der Waals surface area contributed by atoms with Gasteiger partial charge < -0.3 is 9.30 Å². The molecule has 0 spiro atoms. The predicted molar refractivity (Wildman–Crippen MR) is 67.3 cm³/mol. The highest BCUT2D eigenvalue weighted by atomic mass is 16.2. The largest absolute Gasteiger partial charge is 0.343 e. The topological polar surface area (TPSA) is 37.6 Å². The summed E-state index contributed by atoms with van der Waals surface area (Å²) in [6.07, 6.45) is 3.02. The van der Waals surface area contributed by atoms with Crippen molar-refractivity contribution in [3.05, 3.63) is 35.4 Å². The van der Waals surface area contributed by atoms with Crippen molar-refractivity contribution in [1.29, 1.82) is 0 Å². The molecule has 0 aromatic carbocycles. The molecule has 90 valence electrons. The molecule has 0 bridgehead atoms. The van der Waals surface area contributed by atoms with Crippen LogP contribution in [0.15, 0.2) is 18.3 Å². The van der Waals surface area contributed by atoms with Crippen LogP contribution in [0.2, 0.25) is 0 Å². The minimum absolute atomic E-state index is 0.0557. The zero-order chi connectivity index (χ0) is 12.6. The van der Waals surface area contributed by atoms with E-state index in [4.69, 9.17) is 0 Å². The van der Waals surface area contributed by atoms with Crippen LogP contribution in [0.25, 0.3) is 5.52 Å². The Hall–Kier alpha value is -1.84. The highest BCUT2D eigenvalue weighted by molar-refractivity contribution is 5.98. The van der Waals surface area contributed by atoms with Crippen LogP contribution < -0.4 is 0 Å². The molecule has 0 unspecified atom stereocenters. The molecule has 0 aliphatic carbocycles. The number of fused-ring (bicyclic) bond motifs is 1. The third-order valence-electron chi connectivity index (χ3n) is 2.89. The molecule has 0 aliphatic heterocycles. The van der Waals surface area contributed by atoms with Crippen LogP contribution in [0.4, 0.5) is 0 Å². The van der Waals surface area contributed by atoms with E-state index in [2.05, 4.69) is 11.9 Å². The first-order valence-corrected chi connectivity index (χ1v) is 5.73. The summed E-state index contributed by atoms with van der Waals surface area (Å²) < 4.78 is 1.98. The number of carbonyl (C=O) groups excluding carboxylic acids is 1. The number of carbonyl (C=O) groups is 1. The molecule has 0 fully saturated rings. The second-order valence-corrected chi connectivity index (χ2v) is 4.35. The third-order valence-corrected chi connectivity index (χ3v) is 2.89. The Balaban J connectivity index is 2.64. The molecule has 0 aliphatic rings. The predicted octanol–water partition coefficient (Wildman–Crippen LogP) is 1.91. The quantitative estimate of drug-likeness (QED) is 0.791. The Morgan fingerprint density at radius 1 is 1.41 bits per heavy atom. The molecule has 0 atom stereocenters. The summed E-state index contributed by atoms with van der Waals surface area (Å²) in [4.78, 5) is 17.9. The van der Waals surface area contributed by atoms with Crippen LogP contribution in [0.5, 0.6) is 0 Å². The number of aromatic nitrogens is 2. The number of amides is 1. The Bertz CT molecular complexity index is 569. The molecule has 2 heterocycles. The van der Waals surface area contributed by atoms with Crippen molar-refractivity contribution in [1.82, 2.24) is 14.3 Å². The maximum Gasteiger partial charge on any atom is 0.274 e. The lowest BCUT2D eigenvalue weighted by Crippen LogP contribution is -2.22. The van der Waals surface area contributed by atoms with Gasteiger partial charge in [0.25, 0.3) is 5.91 Å². The van der Waals surface area contributed by atoms with E-state index in [-0.39, 0.29) is 5.91 Å². The van der Waals surface area contributed by atoms with Crippen molar-refractivity contribution in [2.75, 3.05) is 14.1 Å². The van der Waals surface area contributed by atoms with Crippen molar-refractivity contribution in [3.63, 3.8) is 0 Å². The van der Waals surface area contributed by atoms with Gasteiger partial charge in [0, 0.05) is 20.3 Å². The number of pyridine rings is 1. The average molecular weight is 231 g/mol. The smallest absolute Gasteiger partial charge is 0.274 e. The van der Waals surface area contributed by atoms with Gasteiger partial charge in [-0.25, -0.2) is 4.98 Å². The lowest BCUT2D eigenvalue weighted by molar-refractivity contribution is 0.0824. The molecule has 0 radical (unpaired) electrons. The number of imidazole rings is 1. The minimum atomic E-state index is -0.0557. The van der Waals surface area contributed by atoms with E-state index in [0.29, 0.717) is 5.69 Å². The zero-order valence-corrected chi connectivity index (χ0v) is 10.7. The van der Waals surface area contributed by atoms with Gasteiger partial charge in [0.15, 0.2) is 5.69 Å². The fourth-order valence-corrected chi connectivity index (χ4v) is 1.86. The molecule has 4 heteroatoms. The van der Waals surface area contributed by atoms with Gasteiger partial charge in [-0.1, -0.05) is 13.0 Å². The summed E-state index contributed by atoms with van der Waals surface area (Å²) in [5.74, 6) is 0.792. The zero-order valence-electron chi connectivity index (χ0n) is 10.7. The number of hydrogen-bond acceptors (Lipinski definition) is 2. The van der Waals surface area contributed by atoms with Crippen molar-refractivity contribution >= 4 is 11.4 Å². The van der Waals surface area contributed by atoms with Crippen molar-refractivity contribution in [3.8, 4) is 0 Å². The van der Waals surface area contributed by atoms with Crippen LogP contribution >= 0.6 is 0 Å². The Labute approximate surface area is 101 Å². The molecule has 1 amide bonds. The first-order valence-electron chi connectivity index (χ1n) is 5.73. The summed E-state index contributed by atoms with van der Waals surface area (Å²) in [6, 6.07) is 4.01. The minimum Gasteiger partial charge on any atom is -0.343 e. The molecule has 0 N–H and O–H groups in total.